The molecule has 0 saturated heterocycles. The Hall–Kier alpha value is -1.86. The second-order valence-electron chi connectivity index (χ2n) is 3.86. The molecule has 7 heteroatoms. The van der Waals surface area contributed by atoms with E-state index in [9.17, 15) is 23.5 Å². The van der Waals surface area contributed by atoms with E-state index >= 15 is 0 Å². The molecule has 0 aromatic heterocycles. The zero-order valence-corrected chi connectivity index (χ0v) is 9.06. The molecule has 5 nitrogen and oxygen atoms in total. The molecule has 1 amide bonds. The van der Waals surface area contributed by atoms with E-state index in [0.717, 1.165) is 11.0 Å². The quantitative estimate of drug-likeness (QED) is 0.738. The van der Waals surface area contributed by atoms with Gasteiger partial charge in [0.1, 0.15) is 11.6 Å². The summed E-state index contributed by atoms with van der Waals surface area (Å²) in [6, 6.07) is 1.35. The molecule has 18 heavy (non-hydrogen) atoms. The third kappa shape index (κ3) is 1.87. The van der Waals surface area contributed by atoms with Crippen LogP contribution in [0.2, 0.25) is 0 Å². The lowest BCUT2D eigenvalue weighted by Gasteiger charge is -2.19. The van der Waals surface area contributed by atoms with E-state index in [4.69, 9.17) is 5.11 Å². The molecule has 1 unspecified atom stereocenters. The normalized spacial score (nSPS) is 16.1. The van der Waals surface area contributed by atoms with Crippen LogP contribution in [-0.2, 0) is 4.79 Å². The minimum absolute atomic E-state index is 0.227. The number of aliphatic hydroxyl groups is 2. The molecular weight excluding hydrogens is 248 g/mol. The number of fused-ring (bicyclic) bond motifs is 1. The van der Waals surface area contributed by atoms with Crippen molar-refractivity contribution >= 4 is 17.4 Å². The Kier molecular flexibility index (Phi) is 3.10. The summed E-state index contributed by atoms with van der Waals surface area (Å²) in [5.41, 5.74) is -0.735. The lowest BCUT2D eigenvalue weighted by molar-refractivity contribution is -0.114. The van der Waals surface area contributed by atoms with E-state index in [2.05, 4.69) is 0 Å². The Balaban J connectivity index is 2.48. The van der Waals surface area contributed by atoms with E-state index in [-0.39, 0.29) is 5.69 Å². The Morgan fingerprint density at radius 1 is 1.28 bits per heavy atom. The molecule has 0 fully saturated rings. The second-order valence-corrected chi connectivity index (χ2v) is 3.86. The van der Waals surface area contributed by atoms with Crippen molar-refractivity contribution in [1.29, 1.82) is 0 Å². The van der Waals surface area contributed by atoms with Crippen LogP contribution in [0.25, 0.3) is 0 Å². The van der Waals surface area contributed by atoms with E-state index in [1.54, 1.807) is 0 Å². The first-order valence-corrected chi connectivity index (χ1v) is 5.10. The number of nitrogens with zero attached hydrogens (tertiary/aromatic N) is 1. The highest BCUT2D eigenvalue weighted by Gasteiger charge is 2.39. The number of aliphatic hydroxyl groups excluding tert-OH is 2. The minimum Gasteiger partial charge on any atom is -0.394 e. The number of benzene rings is 1. The summed E-state index contributed by atoms with van der Waals surface area (Å²) in [6.07, 6.45) is -1.29. The maximum absolute atomic E-state index is 13.4. The van der Waals surface area contributed by atoms with Crippen molar-refractivity contribution in [2.24, 2.45) is 0 Å². The molecule has 1 heterocycles. The van der Waals surface area contributed by atoms with E-state index in [0.29, 0.717) is 6.07 Å². The highest BCUT2D eigenvalue weighted by atomic mass is 19.1. The summed E-state index contributed by atoms with van der Waals surface area (Å²) in [7, 11) is 0. The number of carbonyl (C=O) groups is 2. The van der Waals surface area contributed by atoms with Crippen molar-refractivity contribution in [2.75, 3.05) is 18.1 Å². The highest BCUT2D eigenvalue weighted by molar-refractivity contribution is 6.52. The van der Waals surface area contributed by atoms with Gasteiger partial charge in [-0.2, -0.15) is 0 Å². The number of carbonyl (C=O) groups excluding carboxylic acids is 2. The summed E-state index contributed by atoms with van der Waals surface area (Å²) >= 11 is 0. The van der Waals surface area contributed by atoms with Gasteiger partial charge in [0.05, 0.1) is 30.5 Å². The lowest BCUT2D eigenvalue weighted by atomic mass is 10.1. The van der Waals surface area contributed by atoms with Gasteiger partial charge in [-0.05, 0) is 6.07 Å². The fourth-order valence-electron chi connectivity index (χ4n) is 1.79. The third-order valence-electron chi connectivity index (χ3n) is 2.60. The predicted octanol–water partition coefficient (Wildman–Crippen LogP) is -0.153. The average molecular weight is 257 g/mol. The van der Waals surface area contributed by atoms with Gasteiger partial charge >= 0.3 is 0 Å². The second kappa shape index (κ2) is 4.43. The van der Waals surface area contributed by atoms with Crippen LogP contribution in [0.4, 0.5) is 14.5 Å². The number of halogens is 2. The van der Waals surface area contributed by atoms with Crippen LogP contribution < -0.4 is 4.90 Å². The number of hydrogen-bond acceptors (Lipinski definition) is 4. The van der Waals surface area contributed by atoms with Crippen molar-refractivity contribution in [2.45, 2.75) is 6.10 Å². The fraction of sp³-hybridized carbons (Fsp3) is 0.273. The summed E-state index contributed by atoms with van der Waals surface area (Å²) in [4.78, 5) is 23.8. The molecule has 1 aromatic rings. The van der Waals surface area contributed by atoms with E-state index in [1.165, 1.54) is 0 Å². The van der Waals surface area contributed by atoms with Crippen LogP contribution in [0.1, 0.15) is 10.4 Å². The maximum atomic E-state index is 13.4. The number of anilines is 1. The van der Waals surface area contributed by atoms with Crippen LogP contribution in [0.3, 0.4) is 0 Å². The molecule has 1 aromatic carbocycles. The van der Waals surface area contributed by atoms with Crippen molar-refractivity contribution < 1.29 is 28.6 Å². The first-order valence-electron chi connectivity index (χ1n) is 5.10. The highest BCUT2D eigenvalue weighted by Crippen LogP contribution is 2.31. The molecule has 96 valence electrons. The lowest BCUT2D eigenvalue weighted by Crippen LogP contribution is -2.38. The molecule has 1 atom stereocenters. The Labute approximate surface area is 100 Å². The van der Waals surface area contributed by atoms with Gasteiger partial charge < -0.3 is 15.1 Å². The van der Waals surface area contributed by atoms with Gasteiger partial charge in [-0.15, -0.1) is 0 Å². The van der Waals surface area contributed by atoms with Gasteiger partial charge in [0.2, 0.25) is 0 Å². The number of Topliss-reactive ketones (excluding diaryl/α,β-unsaturated/α-hetero) is 1. The summed E-state index contributed by atoms with van der Waals surface area (Å²) in [6.45, 7) is -1.04. The van der Waals surface area contributed by atoms with Crippen molar-refractivity contribution in [3.05, 3.63) is 29.3 Å². The van der Waals surface area contributed by atoms with E-state index in [1.807, 2.05) is 0 Å². The van der Waals surface area contributed by atoms with Gasteiger partial charge in [0.25, 0.3) is 11.7 Å². The zero-order valence-electron chi connectivity index (χ0n) is 9.06. The molecule has 0 aliphatic carbocycles. The Bertz CT molecular complexity index is 532. The van der Waals surface area contributed by atoms with Gasteiger partial charge in [-0.25, -0.2) is 8.78 Å². The topological polar surface area (TPSA) is 77.8 Å². The number of rotatable bonds is 3. The Morgan fingerprint density at radius 2 is 1.94 bits per heavy atom. The maximum Gasteiger partial charge on any atom is 0.299 e. The first kappa shape index (κ1) is 12.6. The van der Waals surface area contributed by atoms with Gasteiger partial charge in [0, 0.05) is 6.07 Å². The van der Waals surface area contributed by atoms with E-state index < -0.39 is 48.1 Å². The average Bonchev–Trinajstić information content (AvgIpc) is 2.54. The van der Waals surface area contributed by atoms with Crippen molar-refractivity contribution in [1.82, 2.24) is 0 Å². The predicted molar refractivity (Wildman–Crippen MR) is 56.1 cm³/mol. The number of hydrogen-bond donors (Lipinski definition) is 2. The van der Waals surface area contributed by atoms with Gasteiger partial charge in [0.15, 0.2) is 0 Å². The van der Waals surface area contributed by atoms with Crippen LogP contribution >= 0.6 is 0 Å². The molecule has 2 N–H and O–H groups in total. The minimum atomic E-state index is -1.29. The number of amides is 1. The molecule has 2 rings (SSSR count). The van der Waals surface area contributed by atoms with Crippen LogP contribution in [0.15, 0.2) is 12.1 Å². The molecule has 0 spiro atoms. The molecular formula is C11H9F2NO4. The first-order chi connectivity index (χ1) is 8.45. The van der Waals surface area contributed by atoms with Crippen LogP contribution in [-0.4, -0.2) is 41.2 Å². The van der Waals surface area contributed by atoms with Gasteiger partial charge in [-0.3, -0.25) is 9.59 Å². The SMILES string of the molecule is O=C1C(=O)N(CC(O)CO)c2cc(F)cc(F)c21. The zero-order chi connectivity index (χ0) is 13.4. The van der Waals surface area contributed by atoms with Crippen LogP contribution in [0, 0.1) is 11.6 Å². The molecule has 0 radical (unpaired) electrons. The largest absolute Gasteiger partial charge is 0.394 e. The van der Waals surface area contributed by atoms with Crippen molar-refractivity contribution in [3.63, 3.8) is 0 Å². The number of ketones is 1. The summed E-state index contributed by atoms with van der Waals surface area (Å²) < 4.78 is 26.5. The fourth-order valence-corrected chi connectivity index (χ4v) is 1.79. The molecule has 1 aliphatic heterocycles. The third-order valence-corrected chi connectivity index (χ3v) is 2.60. The monoisotopic (exact) mass is 257 g/mol. The summed E-state index contributed by atoms with van der Waals surface area (Å²) in [5.74, 6) is -4.20. The summed E-state index contributed by atoms with van der Waals surface area (Å²) in [5, 5.41) is 17.9. The van der Waals surface area contributed by atoms with Crippen LogP contribution in [0.5, 0.6) is 0 Å². The molecule has 0 saturated carbocycles. The smallest absolute Gasteiger partial charge is 0.299 e. The van der Waals surface area contributed by atoms with Crippen molar-refractivity contribution in [3.8, 4) is 0 Å². The Morgan fingerprint density at radius 3 is 2.56 bits per heavy atom. The standard InChI is InChI=1S/C11H9F2NO4/c12-5-1-7(13)9-8(2-5)14(3-6(16)4-15)11(18)10(9)17/h1-2,6,15-16H,3-4H2. The number of β-amino-alcohol motifs (C(OH)–C–C–N with tert-alkyl or cyclic N) is 1. The molecule has 0 bridgehead atoms. The van der Waals surface area contributed by atoms with Gasteiger partial charge in [-0.1, -0.05) is 0 Å². The molecule has 1 aliphatic rings.